The molecule has 0 aliphatic carbocycles. The van der Waals surface area contributed by atoms with Gasteiger partial charge >= 0.3 is 6.03 Å². The first kappa shape index (κ1) is 16.3. The monoisotopic (exact) mass is 365 g/mol. The molecule has 1 N–H and O–H groups in total. The average molecular weight is 365 g/mol. The van der Waals surface area contributed by atoms with E-state index in [9.17, 15) is 14.0 Å². The van der Waals surface area contributed by atoms with Crippen molar-refractivity contribution in [3.63, 3.8) is 0 Å². The third kappa shape index (κ3) is 2.29. The van der Waals surface area contributed by atoms with E-state index in [1.54, 1.807) is 17.0 Å². The van der Waals surface area contributed by atoms with Crippen LogP contribution in [0.3, 0.4) is 0 Å². The fourth-order valence-electron chi connectivity index (χ4n) is 4.97. The number of para-hydroxylation sites is 1. The Morgan fingerprint density at radius 1 is 1.15 bits per heavy atom. The fraction of sp³-hybridized carbons (Fsp3) is 0.333. The van der Waals surface area contributed by atoms with Crippen LogP contribution in [0.4, 0.5) is 14.9 Å². The summed E-state index contributed by atoms with van der Waals surface area (Å²) in [5.74, 6) is -0.291. The van der Waals surface area contributed by atoms with Gasteiger partial charge in [-0.2, -0.15) is 0 Å². The third-order valence-corrected chi connectivity index (χ3v) is 6.34. The third-order valence-electron chi connectivity index (χ3n) is 6.34. The molecule has 2 fully saturated rings. The first-order valence-electron chi connectivity index (χ1n) is 9.20. The zero-order chi connectivity index (χ0) is 18.8. The number of piperidine rings is 1. The Morgan fingerprint density at radius 2 is 1.89 bits per heavy atom. The summed E-state index contributed by atoms with van der Waals surface area (Å²) >= 11 is 0. The number of carbonyl (C=O) groups excluding carboxylic acids is 2. The van der Waals surface area contributed by atoms with Gasteiger partial charge in [0.1, 0.15) is 11.9 Å². The normalized spacial score (nSPS) is 28.7. The van der Waals surface area contributed by atoms with Crippen molar-refractivity contribution >= 4 is 17.6 Å². The van der Waals surface area contributed by atoms with Crippen molar-refractivity contribution in [3.05, 3.63) is 65.5 Å². The number of urea groups is 1. The Balaban J connectivity index is 1.57. The van der Waals surface area contributed by atoms with Crippen molar-refractivity contribution in [2.24, 2.45) is 0 Å². The van der Waals surface area contributed by atoms with Gasteiger partial charge in [-0.1, -0.05) is 30.3 Å². The van der Waals surface area contributed by atoms with Gasteiger partial charge in [-0.05, 0) is 42.7 Å². The van der Waals surface area contributed by atoms with Crippen molar-refractivity contribution in [1.82, 2.24) is 10.2 Å². The number of nitrogens with one attached hydrogen (secondary N) is 1. The number of anilines is 1. The van der Waals surface area contributed by atoms with E-state index in [0.29, 0.717) is 19.5 Å². The summed E-state index contributed by atoms with van der Waals surface area (Å²) in [4.78, 5) is 28.4. The second kappa shape index (κ2) is 5.55. The van der Waals surface area contributed by atoms with E-state index >= 15 is 0 Å². The van der Waals surface area contributed by atoms with Gasteiger partial charge in [-0.3, -0.25) is 10.1 Å². The molecule has 5 rings (SSSR count). The molecule has 0 spiro atoms. The van der Waals surface area contributed by atoms with E-state index in [1.165, 1.54) is 17.7 Å². The summed E-state index contributed by atoms with van der Waals surface area (Å²) in [5.41, 5.74) is 3.03. The highest BCUT2D eigenvalue weighted by Crippen LogP contribution is 2.53. The van der Waals surface area contributed by atoms with Gasteiger partial charge in [-0.15, -0.1) is 0 Å². The highest BCUT2D eigenvalue weighted by atomic mass is 19.1. The highest BCUT2D eigenvalue weighted by Gasteiger charge is 2.57. The zero-order valence-electron chi connectivity index (χ0n) is 15.0. The molecule has 2 aromatic carbocycles. The zero-order valence-corrected chi connectivity index (χ0v) is 15.0. The van der Waals surface area contributed by atoms with E-state index in [4.69, 9.17) is 0 Å². The fourth-order valence-corrected chi connectivity index (χ4v) is 4.97. The first-order valence-corrected chi connectivity index (χ1v) is 9.20. The van der Waals surface area contributed by atoms with Crippen LogP contribution in [0.25, 0.3) is 0 Å². The molecule has 3 aliphatic rings. The molecule has 3 amide bonds. The second-order valence-electron chi connectivity index (χ2n) is 7.85. The van der Waals surface area contributed by atoms with Crippen LogP contribution in [-0.2, 0) is 11.3 Å². The maximum Gasteiger partial charge on any atom is 0.324 e. The topological polar surface area (TPSA) is 52.7 Å². The lowest BCUT2D eigenvalue weighted by atomic mass is 9.75. The van der Waals surface area contributed by atoms with Crippen LogP contribution in [0.2, 0.25) is 0 Å². The Hall–Kier alpha value is -2.89. The van der Waals surface area contributed by atoms with Gasteiger partial charge in [0, 0.05) is 24.7 Å². The van der Waals surface area contributed by atoms with Crippen LogP contribution in [0.5, 0.6) is 0 Å². The average Bonchev–Trinajstić information content (AvgIpc) is 3.06. The van der Waals surface area contributed by atoms with Crippen molar-refractivity contribution in [2.75, 3.05) is 11.4 Å². The van der Waals surface area contributed by atoms with Crippen LogP contribution in [0.1, 0.15) is 30.4 Å². The van der Waals surface area contributed by atoms with E-state index in [-0.39, 0.29) is 29.2 Å². The molecule has 3 heterocycles. The molecule has 6 heteroatoms. The lowest BCUT2D eigenvalue weighted by Crippen LogP contribution is -2.60. The van der Waals surface area contributed by atoms with Crippen molar-refractivity contribution < 1.29 is 14.0 Å². The summed E-state index contributed by atoms with van der Waals surface area (Å²) in [6, 6.07) is 14.1. The summed E-state index contributed by atoms with van der Waals surface area (Å²) in [6.45, 7) is 3.27. The van der Waals surface area contributed by atoms with Crippen molar-refractivity contribution in [2.45, 2.75) is 37.4 Å². The molecule has 0 aromatic heterocycles. The summed E-state index contributed by atoms with van der Waals surface area (Å²) in [6.07, 6.45) is 0.616. The second-order valence-corrected chi connectivity index (χ2v) is 7.85. The number of halogens is 1. The molecule has 3 aliphatic heterocycles. The van der Waals surface area contributed by atoms with Gasteiger partial charge in [0.05, 0.1) is 5.54 Å². The number of fused-ring (bicyclic) bond motifs is 4. The summed E-state index contributed by atoms with van der Waals surface area (Å²) < 4.78 is 13.3. The van der Waals surface area contributed by atoms with Crippen molar-refractivity contribution in [3.8, 4) is 0 Å². The molecule has 0 saturated carbocycles. The number of carbonyl (C=O) groups is 2. The van der Waals surface area contributed by atoms with E-state index in [2.05, 4.69) is 29.3 Å². The maximum atomic E-state index is 13.3. The van der Waals surface area contributed by atoms with Crippen LogP contribution < -0.4 is 10.2 Å². The lowest BCUT2D eigenvalue weighted by Gasteiger charge is -2.48. The van der Waals surface area contributed by atoms with Gasteiger partial charge in [-0.25, -0.2) is 9.18 Å². The molecule has 2 saturated heterocycles. The molecule has 0 radical (unpaired) electrons. The maximum absolute atomic E-state index is 13.3. The molecular formula is C21H20FN3O2. The van der Waals surface area contributed by atoms with Crippen LogP contribution >= 0.6 is 0 Å². The molecular weight excluding hydrogens is 345 g/mol. The standard InChI is InChI=1S/C21H20FN3O2/c1-21-12-24-18(19(26)23-20(24)27)10-16(21)15-4-2-3-5-17(15)25(21)11-13-6-8-14(22)9-7-13/h2-9,16,18H,10-12H2,1H3,(H,23,26,27). The van der Waals surface area contributed by atoms with Crippen LogP contribution in [-0.4, -0.2) is 35.0 Å². The van der Waals surface area contributed by atoms with E-state index in [0.717, 1.165) is 11.3 Å². The van der Waals surface area contributed by atoms with Gasteiger partial charge in [0.2, 0.25) is 0 Å². The van der Waals surface area contributed by atoms with Crippen molar-refractivity contribution in [1.29, 1.82) is 0 Å². The smallest absolute Gasteiger partial charge is 0.324 e. The summed E-state index contributed by atoms with van der Waals surface area (Å²) in [5, 5.41) is 2.45. The van der Waals surface area contributed by atoms with Gasteiger partial charge < -0.3 is 9.80 Å². The SMILES string of the molecule is CC12CN3C(=O)NC(=O)C3CC1c1ccccc1N2Cc1ccc(F)cc1. The molecule has 0 bridgehead atoms. The quantitative estimate of drug-likeness (QED) is 0.833. The summed E-state index contributed by atoms with van der Waals surface area (Å²) in [7, 11) is 0. The predicted octanol–water partition coefficient (Wildman–Crippen LogP) is 3.01. The number of amides is 3. The molecule has 27 heavy (non-hydrogen) atoms. The Morgan fingerprint density at radius 3 is 2.67 bits per heavy atom. The minimum absolute atomic E-state index is 0.159. The van der Waals surface area contributed by atoms with Crippen LogP contribution in [0, 0.1) is 5.82 Å². The molecule has 3 unspecified atom stereocenters. The molecule has 5 nitrogen and oxygen atoms in total. The number of hydrogen-bond acceptors (Lipinski definition) is 3. The minimum Gasteiger partial charge on any atom is -0.359 e. The first-order chi connectivity index (χ1) is 13.0. The van der Waals surface area contributed by atoms with Crippen LogP contribution in [0.15, 0.2) is 48.5 Å². The molecule has 2 aromatic rings. The number of imide groups is 1. The Bertz CT molecular complexity index is 945. The number of hydrogen-bond donors (Lipinski definition) is 1. The molecule has 138 valence electrons. The lowest BCUT2D eigenvalue weighted by molar-refractivity contribution is -0.122. The van der Waals surface area contributed by atoms with Gasteiger partial charge in [0.15, 0.2) is 0 Å². The molecule has 3 atom stereocenters. The Kier molecular flexibility index (Phi) is 3.35. The van der Waals surface area contributed by atoms with E-state index < -0.39 is 6.04 Å². The number of rotatable bonds is 2. The van der Waals surface area contributed by atoms with E-state index in [1.807, 2.05) is 12.1 Å². The number of benzene rings is 2. The number of nitrogens with zero attached hydrogens (tertiary/aromatic N) is 2. The van der Waals surface area contributed by atoms with Gasteiger partial charge in [0.25, 0.3) is 5.91 Å². The minimum atomic E-state index is -0.394. The predicted molar refractivity (Wildman–Crippen MR) is 98.8 cm³/mol. The Labute approximate surface area is 156 Å². The largest absolute Gasteiger partial charge is 0.359 e. The highest BCUT2D eigenvalue weighted by molar-refractivity contribution is 6.04.